The van der Waals surface area contributed by atoms with Crippen LogP contribution in [0.3, 0.4) is 0 Å². The van der Waals surface area contributed by atoms with Crippen molar-refractivity contribution in [1.29, 1.82) is 0 Å². The molecule has 4 rings (SSSR count). The number of rotatable bonds is 11. The zero-order chi connectivity index (χ0) is 32.8. The highest BCUT2D eigenvalue weighted by atomic mass is 35.5. The molecule has 0 aliphatic rings. The van der Waals surface area contributed by atoms with Crippen LogP contribution in [0, 0.1) is 6.92 Å². The standard InChI is InChI=1S/C35H37Cl2N3O4S/c1-25-9-8-12-30(21-25)40(45(43,44)31-19-17-29(37)18-20-31)24-33(41)39(23-27-13-15-28(36)16-14-27)32(34(42)38-35(2,3)4)22-26-10-6-5-7-11-26/h5-21,32H,22-24H2,1-4H3,(H,38,42). The number of hydrogen-bond donors (Lipinski definition) is 1. The molecule has 1 unspecified atom stereocenters. The van der Waals surface area contributed by atoms with E-state index in [0.29, 0.717) is 15.7 Å². The number of sulfonamides is 1. The van der Waals surface area contributed by atoms with Crippen molar-refractivity contribution < 1.29 is 18.0 Å². The fourth-order valence-corrected chi connectivity index (χ4v) is 6.50. The number of aryl methyl sites for hydroxylation is 1. The van der Waals surface area contributed by atoms with E-state index >= 15 is 0 Å². The summed E-state index contributed by atoms with van der Waals surface area (Å²) in [6.45, 7) is 6.96. The average Bonchev–Trinajstić information content (AvgIpc) is 2.98. The molecular weight excluding hydrogens is 629 g/mol. The van der Waals surface area contributed by atoms with Gasteiger partial charge in [-0.05, 0) is 92.9 Å². The summed E-state index contributed by atoms with van der Waals surface area (Å²) < 4.78 is 29.3. The number of amides is 2. The molecule has 10 heteroatoms. The summed E-state index contributed by atoms with van der Waals surface area (Å²) in [5.41, 5.74) is 2.15. The van der Waals surface area contributed by atoms with Gasteiger partial charge >= 0.3 is 0 Å². The zero-order valence-corrected chi connectivity index (χ0v) is 28.0. The first-order valence-electron chi connectivity index (χ1n) is 14.5. The maximum Gasteiger partial charge on any atom is 0.264 e. The molecule has 0 fully saturated rings. The molecule has 0 bridgehead atoms. The van der Waals surface area contributed by atoms with Crippen molar-refractivity contribution in [1.82, 2.24) is 10.2 Å². The maximum atomic E-state index is 14.5. The minimum atomic E-state index is -4.22. The molecule has 4 aromatic rings. The normalized spacial score (nSPS) is 12.3. The van der Waals surface area contributed by atoms with Gasteiger partial charge in [0, 0.05) is 28.5 Å². The topological polar surface area (TPSA) is 86.8 Å². The molecule has 0 saturated heterocycles. The number of carbonyl (C=O) groups is 2. The van der Waals surface area contributed by atoms with Gasteiger partial charge < -0.3 is 10.2 Å². The van der Waals surface area contributed by atoms with Crippen molar-refractivity contribution in [3.63, 3.8) is 0 Å². The van der Waals surface area contributed by atoms with E-state index in [-0.39, 0.29) is 23.8 Å². The van der Waals surface area contributed by atoms with Crippen LogP contribution in [0.1, 0.15) is 37.5 Å². The van der Waals surface area contributed by atoms with E-state index in [1.54, 1.807) is 42.5 Å². The van der Waals surface area contributed by atoms with E-state index in [4.69, 9.17) is 23.2 Å². The first-order chi connectivity index (χ1) is 21.2. The van der Waals surface area contributed by atoms with Crippen LogP contribution in [0.15, 0.2) is 108 Å². The molecule has 45 heavy (non-hydrogen) atoms. The summed E-state index contributed by atoms with van der Waals surface area (Å²) in [5, 5.41) is 3.94. The van der Waals surface area contributed by atoms with E-state index in [0.717, 1.165) is 21.0 Å². The average molecular weight is 667 g/mol. The third kappa shape index (κ3) is 9.33. The van der Waals surface area contributed by atoms with Crippen LogP contribution in [-0.2, 0) is 32.6 Å². The molecule has 4 aromatic carbocycles. The largest absolute Gasteiger partial charge is 0.350 e. The highest BCUT2D eigenvalue weighted by molar-refractivity contribution is 7.92. The monoisotopic (exact) mass is 665 g/mol. The molecule has 7 nitrogen and oxygen atoms in total. The summed E-state index contributed by atoms with van der Waals surface area (Å²) >= 11 is 12.2. The van der Waals surface area contributed by atoms with Crippen LogP contribution >= 0.6 is 23.2 Å². The van der Waals surface area contributed by atoms with Crippen LogP contribution in [-0.4, -0.2) is 43.3 Å². The number of nitrogens with zero attached hydrogens (tertiary/aromatic N) is 2. The van der Waals surface area contributed by atoms with Gasteiger partial charge in [-0.1, -0.05) is 77.8 Å². The van der Waals surface area contributed by atoms with Crippen LogP contribution < -0.4 is 9.62 Å². The van der Waals surface area contributed by atoms with Gasteiger partial charge in [0.15, 0.2) is 0 Å². The second kappa shape index (κ2) is 14.5. The Bertz CT molecular complexity index is 1720. The van der Waals surface area contributed by atoms with E-state index in [1.165, 1.54) is 29.2 Å². The Kier molecular flexibility index (Phi) is 11.0. The Balaban J connectivity index is 1.81. The van der Waals surface area contributed by atoms with Crippen LogP contribution in [0.4, 0.5) is 5.69 Å². The van der Waals surface area contributed by atoms with Crippen molar-refractivity contribution >= 4 is 50.7 Å². The van der Waals surface area contributed by atoms with Gasteiger partial charge in [0.05, 0.1) is 10.6 Å². The number of halogens is 2. The van der Waals surface area contributed by atoms with Crippen molar-refractivity contribution in [2.24, 2.45) is 0 Å². The van der Waals surface area contributed by atoms with Crippen molar-refractivity contribution in [2.45, 2.75) is 57.1 Å². The Morgan fingerprint density at radius 3 is 1.98 bits per heavy atom. The summed E-state index contributed by atoms with van der Waals surface area (Å²) in [6.07, 6.45) is 0.219. The molecule has 0 aliphatic heterocycles. The third-order valence-electron chi connectivity index (χ3n) is 7.01. The SMILES string of the molecule is Cc1cccc(N(CC(=O)N(Cc2ccc(Cl)cc2)C(Cc2ccccc2)C(=O)NC(C)(C)C)S(=O)(=O)c2ccc(Cl)cc2)c1. The predicted molar refractivity (Wildman–Crippen MR) is 181 cm³/mol. The van der Waals surface area contributed by atoms with Gasteiger partial charge in [-0.2, -0.15) is 0 Å². The van der Waals surface area contributed by atoms with Gasteiger partial charge in [-0.3, -0.25) is 13.9 Å². The smallest absolute Gasteiger partial charge is 0.264 e. The summed E-state index contributed by atoms with van der Waals surface area (Å²) in [4.78, 5) is 29.9. The first-order valence-corrected chi connectivity index (χ1v) is 16.7. The first kappa shape index (κ1) is 34.0. The molecule has 0 radical (unpaired) electrons. The van der Waals surface area contributed by atoms with E-state index in [9.17, 15) is 18.0 Å². The lowest BCUT2D eigenvalue weighted by molar-refractivity contribution is -0.140. The van der Waals surface area contributed by atoms with Gasteiger partial charge in [0.2, 0.25) is 11.8 Å². The van der Waals surface area contributed by atoms with E-state index < -0.39 is 34.1 Å². The molecule has 0 aliphatic carbocycles. The highest BCUT2D eigenvalue weighted by Gasteiger charge is 2.35. The van der Waals surface area contributed by atoms with Gasteiger partial charge in [-0.25, -0.2) is 8.42 Å². The van der Waals surface area contributed by atoms with Crippen molar-refractivity contribution in [3.8, 4) is 0 Å². The lowest BCUT2D eigenvalue weighted by atomic mass is 10.0. The summed E-state index contributed by atoms with van der Waals surface area (Å²) in [5.74, 6) is -0.898. The molecule has 1 atom stereocenters. The number of benzene rings is 4. The number of anilines is 1. The van der Waals surface area contributed by atoms with Crippen molar-refractivity contribution in [3.05, 3.63) is 130 Å². The lowest BCUT2D eigenvalue weighted by Gasteiger charge is -2.35. The Morgan fingerprint density at radius 2 is 1.40 bits per heavy atom. The second-order valence-electron chi connectivity index (χ2n) is 11.9. The molecule has 0 saturated carbocycles. The number of carbonyl (C=O) groups excluding carboxylic acids is 2. The highest BCUT2D eigenvalue weighted by Crippen LogP contribution is 2.27. The maximum absolute atomic E-state index is 14.5. The van der Waals surface area contributed by atoms with Crippen molar-refractivity contribution in [2.75, 3.05) is 10.8 Å². The third-order valence-corrected chi connectivity index (χ3v) is 9.30. The molecule has 0 aromatic heterocycles. The minimum absolute atomic E-state index is 0.0169. The Hall–Kier alpha value is -3.85. The van der Waals surface area contributed by atoms with E-state index in [1.807, 2.05) is 64.1 Å². The zero-order valence-electron chi connectivity index (χ0n) is 25.7. The van der Waals surface area contributed by atoms with Gasteiger partial charge in [0.1, 0.15) is 12.6 Å². The molecule has 0 heterocycles. The summed E-state index contributed by atoms with van der Waals surface area (Å²) in [6, 6.07) is 28.2. The van der Waals surface area contributed by atoms with Crippen LogP contribution in [0.5, 0.6) is 0 Å². The Labute approximate surface area is 275 Å². The quantitative estimate of drug-likeness (QED) is 0.186. The van der Waals surface area contributed by atoms with Gasteiger partial charge in [0.25, 0.3) is 10.0 Å². The van der Waals surface area contributed by atoms with Crippen LogP contribution in [0.2, 0.25) is 10.0 Å². The summed E-state index contributed by atoms with van der Waals surface area (Å²) in [7, 11) is -4.22. The molecule has 0 spiro atoms. The molecule has 236 valence electrons. The Morgan fingerprint density at radius 1 is 0.800 bits per heavy atom. The second-order valence-corrected chi connectivity index (χ2v) is 14.6. The number of nitrogens with one attached hydrogen (secondary N) is 1. The predicted octanol–water partition coefficient (Wildman–Crippen LogP) is 7.05. The minimum Gasteiger partial charge on any atom is -0.350 e. The van der Waals surface area contributed by atoms with Crippen LogP contribution in [0.25, 0.3) is 0 Å². The fourth-order valence-electron chi connectivity index (χ4n) is 4.84. The number of hydrogen-bond acceptors (Lipinski definition) is 4. The van der Waals surface area contributed by atoms with E-state index in [2.05, 4.69) is 5.32 Å². The molecule has 1 N–H and O–H groups in total. The molecule has 2 amide bonds. The van der Waals surface area contributed by atoms with Gasteiger partial charge in [-0.15, -0.1) is 0 Å². The lowest BCUT2D eigenvalue weighted by Crippen LogP contribution is -2.56. The molecular formula is C35H37Cl2N3O4S. The fraction of sp³-hybridized carbons (Fsp3) is 0.257.